The molecule has 178 valence electrons. The number of benzene rings is 3. The number of ether oxygens (including phenoxy) is 1. The van der Waals surface area contributed by atoms with Gasteiger partial charge in [0.1, 0.15) is 18.2 Å². The lowest BCUT2D eigenvalue weighted by molar-refractivity contribution is -0.137. The number of hydrogen-bond acceptors (Lipinski definition) is 4. The second-order valence-corrected chi connectivity index (χ2v) is 9.45. The van der Waals surface area contributed by atoms with Gasteiger partial charge in [-0.05, 0) is 54.6 Å². The molecular weight excluding hydrogens is 500 g/mol. The summed E-state index contributed by atoms with van der Waals surface area (Å²) in [6.45, 7) is -0.0411. The number of carbonyl (C=O) groups excluding carboxylic acids is 1. The van der Waals surface area contributed by atoms with Crippen LogP contribution in [0.15, 0.2) is 65.6 Å². The lowest BCUT2D eigenvalue weighted by atomic mass is 10.1. The fourth-order valence-corrected chi connectivity index (χ4v) is 5.15. The Kier molecular flexibility index (Phi) is 6.17. The van der Waals surface area contributed by atoms with E-state index in [0.29, 0.717) is 0 Å². The number of sulfonamides is 1. The van der Waals surface area contributed by atoms with Crippen molar-refractivity contribution in [2.24, 2.45) is 0 Å². The minimum absolute atomic E-state index is 0.0154. The Labute approximate surface area is 196 Å². The monoisotopic (exact) mass is 514 g/mol. The van der Waals surface area contributed by atoms with Crippen LogP contribution in [0.3, 0.4) is 0 Å². The SMILES string of the molecule is O=C(Nc1ccc2c(c1)N(S(=O)(=O)c1ccc(F)cc1)CCO2)c1c(Cl)cccc1C(F)(F)F. The van der Waals surface area contributed by atoms with Crippen molar-refractivity contribution in [2.75, 3.05) is 22.8 Å². The number of hydrogen-bond donors (Lipinski definition) is 1. The first-order chi connectivity index (χ1) is 16.0. The Bertz CT molecular complexity index is 1360. The second-order valence-electron chi connectivity index (χ2n) is 7.18. The lowest BCUT2D eigenvalue weighted by Crippen LogP contribution is -2.38. The molecule has 6 nitrogen and oxygen atoms in total. The minimum atomic E-state index is -4.82. The van der Waals surface area contributed by atoms with E-state index in [1.165, 1.54) is 18.2 Å². The first-order valence-electron chi connectivity index (χ1n) is 9.71. The number of alkyl halides is 3. The summed E-state index contributed by atoms with van der Waals surface area (Å²) in [7, 11) is -4.12. The molecule has 0 atom stereocenters. The average molecular weight is 515 g/mol. The molecule has 0 fully saturated rings. The molecular formula is C22H15ClF4N2O4S. The number of rotatable bonds is 4. The van der Waals surface area contributed by atoms with Crippen LogP contribution in [0.25, 0.3) is 0 Å². The Hall–Kier alpha value is -3.31. The molecule has 0 saturated heterocycles. The van der Waals surface area contributed by atoms with Crippen LogP contribution in [0.4, 0.5) is 28.9 Å². The quantitative estimate of drug-likeness (QED) is 0.477. The molecule has 0 spiro atoms. The van der Waals surface area contributed by atoms with Gasteiger partial charge in [0.15, 0.2) is 0 Å². The molecule has 4 rings (SSSR count). The lowest BCUT2D eigenvalue weighted by Gasteiger charge is -2.31. The smallest absolute Gasteiger partial charge is 0.417 e. The molecule has 1 heterocycles. The zero-order valence-corrected chi connectivity index (χ0v) is 18.6. The van der Waals surface area contributed by atoms with E-state index in [1.807, 2.05) is 0 Å². The molecule has 0 saturated carbocycles. The Morgan fingerprint density at radius 2 is 1.76 bits per heavy atom. The van der Waals surface area contributed by atoms with E-state index in [2.05, 4.69) is 5.32 Å². The highest BCUT2D eigenvalue weighted by atomic mass is 35.5. The van der Waals surface area contributed by atoms with E-state index in [4.69, 9.17) is 16.3 Å². The van der Waals surface area contributed by atoms with E-state index in [0.717, 1.165) is 46.8 Å². The Morgan fingerprint density at radius 1 is 1.06 bits per heavy atom. The van der Waals surface area contributed by atoms with Gasteiger partial charge in [0.05, 0.1) is 33.3 Å². The zero-order chi connectivity index (χ0) is 24.7. The first-order valence-corrected chi connectivity index (χ1v) is 11.5. The molecule has 0 aliphatic carbocycles. The van der Waals surface area contributed by atoms with Gasteiger partial charge in [0.2, 0.25) is 0 Å². The van der Waals surface area contributed by atoms with Gasteiger partial charge in [-0.25, -0.2) is 12.8 Å². The van der Waals surface area contributed by atoms with Gasteiger partial charge in [0.25, 0.3) is 15.9 Å². The largest absolute Gasteiger partial charge is 0.489 e. The number of anilines is 2. The number of halogens is 5. The summed E-state index contributed by atoms with van der Waals surface area (Å²) >= 11 is 5.88. The van der Waals surface area contributed by atoms with E-state index in [-0.39, 0.29) is 35.2 Å². The van der Waals surface area contributed by atoms with E-state index in [9.17, 15) is 30.8 Å². The van der Waals surface area contributed by atoms with Gasteiger partial charge in [-0.1, -0.05) is 17.7 Å². The number of amides is 1. The molecule has 1 aliphatic heterocycles. The summed E-state index contributed by atoms with van der Waals surface area (Å²) in [4.78, 5) is 12.5. The average Bonchev–Trinajstić information content (AvgIpc) is 2.78. The number of nitrogens with one attached hydrogen (secondary N) is 1. The minimum Gasteiger partial charge on any atom is -0.489 e. The molecule has 3 aromatic carbocycles. The van der Waals surface area contributed by atoms with E-state index >= 15 is 0 Å². The maximum absolute atomic E-state index is 13.4. The molecule has 0 unspecified atom stereocenters. The summed E-state index contributed by atoms with van der Waals surface area (Å²) in [5.74, 6) is -1.55. The highest BCUT2D eigenvalue weighted by molar-refractivity contribution is 7.92. The van der Waals surface area contributed by atoms with Crippen LogP contribution in [-0.2, 0) is 16.2 Å². The number of carbonyl (C=O) groups is 1. The van der Waals surface area contributed by atoms with Crippen LogP contribution in [-0.4, -0.2) is 27.5 Å². The van der Waals surface area contributed by atoms with Gasteiger partial charge < -0.3 is 10.1 Å². The molecule has 1 aliphatic rings. The molecule has 0 radical (unpaired) electrons. The zero-order valence-electron chi connectivity index (χ0n) is 17.1. The van der Waals surface area contributed by atoms with Crippen molar-refractivity contribution in [3.63, 3.8) is 0 Å². The molecule has 3 aromatic rings. The van der Waals surface area contributed by atoms with Gasteiger partial charge in [-0.3, -0.25) is 9.10 Å². The van der Waals surface area contributed by atoms with Crippen molar-refractivity contribution in [2.45, 2.75) is 11.1 Å². The molecule has 1 amide bonds. The van der Waals surface area contributed by atoms with Gasteiger partial charge in [-0.15, -0.1) is 0 Å². The summed E-state index contributed by atoms with van der Waals surface area (Å²) < 4.78 is 86.1. The summed E-state index contributed by atoms with van der Waals surface area (Å²) in [6, 6.07) is 11.2. The third-order valence-corrected chi connectivity index (χ3v) is 7.13. The molecule has 1 N–H and O–H groups in total. The topological polar surface area (TPSA) is 75.7 Å². The highest BCUT2D eigenvalue weighted by Crippen LogP contribution is 2.39. The van der Waals surface area contributed by atoms with Crippen LogP contribution >= 0.6 is 11.6 Å². The Balaban J connectivity index is 1.69. The van der Waals surface area contributed by atoms with Crippen LogP contribution < -0.4 is 14.4 Å². The van der Waals surface area contributed by atoms with Crippen molar-refractivity contribution in [3.8, 4) is 5.75 Å². The number of fused-ring (bicyclic) bond motifs is 1. The van der Waals surface area contributed by atoms with Crippen LogP contribution in [0, 0.1) is 5.82 Å². The fraction of sp³-hybridized carbons (Fsp3) is 0.136. The first kappa shape index (κ1) is 23.8. The van der Waals surface area contributed by atoms with Gasteiger partial charge in [0, 0.05) is 5.69 Å². The summed E-state index contributed by atoms with van der Waals surface area (Å²) in [6.07, 6.45) is -4.82. The van der Waals surface area contributed by atoms with Crippen molar-refractivity contribution >= 4 is 38.9 Å². The normalized spacial score (nSPS) is 13.7. The predicted octanol–water partition coefficient (Wildman–Crippen LogP) is 5.34. The standard InChI is InChI=1S/C22H15ClF4N2O4S/c23-17-3-1-2-16(22(25,26)27)20(17)21(30)28-14-6-9-19-18(12-14)29(10-11-33-19)34(31,32)15-7-4-13(24)5-8-15/h1-9,12H,10-11H2,(H,28,30). The molecule has 0 bridgehead atoms. The third kappa shape index (κ3) is 4.53. The van der Waals surface area contributed by atoms with E-state index < -0.39 is 44.1 Å². The van der Waals surface area contributed by atoms with Crippen molar-refractivity contribution in [3.05, 3.63) is 82.6 Å². The highest BCUT2D eigenvalue weighted by Gasteiger charge is 2.36. The van der Waals surface area contributed by atoms with Crippen LogP contribution in [0.2, 0.25) is 5.02 Å². The maximum Gasteiger partial charge on any atom is 0.417 e. The van der Waals surface area contributed by atoms with Crippen molar-refractivity contribution in [1.82, 2.24) is 0 Å². The van der Waals surface area contributed by atoms with Gasteiger partial charge in [-0.2, -0.15) is 13.2 Å². The predicted molar refractivity (Wildman–Crippen MR) is 117 cm³/mol. The van der Waals surface area contributed by atoms with Gasteiger partial charge >= 0.3 is 6.18 Å². The van der Waals surface area contributed by atoms with Crippen molar-refractivity contribution in [1.29, 1.82) is 0 Å². The fourth-order valence-electron chi connectivity index (χ4n) is 3.44. The maximum atomic E-state index is 13.4. The third-order valence-electron chi connectivity index (χ3n) is 4.99. The van der Waals surface area contributed by atoms with E-state index in [1.54, 1.807) is 0 Å². The summed E-state index contributed by atoms with van der Waals surface area (Å²) in [5.41, 5.74) is -1.90. The van der Waals surface area contributed by atoms with Crippen molar-refractivity contribution < 1.29 is 35.5 Å². The molecule has 34 heavy (non-hydrogen) atoms. The summed E-state index contributed by atoms with van der Waals surface area (Å²) in [5, 5.41) is 1.94. The second kappa shape index (κ2) is 8.80. The van der Waals surface area contributed by atoms with Crippen LogP contribution in [0.1, 0.15) is 15.9 Å². The van der Waals surface area contributed by atoms with Crippen LogP contribution in [0.5, 0.6) is 5.75 Å². The number of nitrogens with zero attached hydrogens (tertiary/aromatic N) is 1. The Morgan fingerprint density at radius 3 is 2.44 bits per heavy atom. The molecule has 12 heteroatoms. The molecule has 0 aromatic heterocycles.